The first-order valence-corrected chi connectivity index (χ1v) is 6.11. The van der Waals surface area contributed by atoms with Gasteiger partial charge in [-0.1, -0.05) is 24.3 Å². The van der Waals surface area contributed by atoms with Crippen molar-refractivity contribution in [1.82, 2.24) is 0 Å². The van der Waals surface area contributed by atoms with Crippen molar-refractivity contribution < 1.29 is 9.72 Å². The highest BCUT2D eigenvalue weighted by Crippen LogP contribution is 2.26. The van der Waals surface area contributed by atoms with Gasteiger partial charge in [-0.3, -0.25) is 14.9 Å². The molecule has 0 atom stereocenters. The highest BCUT2D eigenvalue weighted by molar-refractivity contribution is 6.06. The average Bonchev–Trinajstić information content (AvgIpc) is 2.41. The number of hydrogen-bond acceptors (Lipinski definition) is 3. The zero-order valence-electron chi connectivity index (χ0n) is 11.2. The molecule has 20 heavy (non-hydrogen) atoms. The van der Waals surface area contributed by atoms with E-state index < -0.39 is 4.92 Å². The van der Waals surface area contributed by atoms with Gasteiger partial charge in [0.1, 0.15) is 5.69 Å². The lowest BCUT2D eigenvalue weighted by Gasteiger charge is -2.08. The molecule has 0 aliphatic rings. The fraction of sp³-hybridized carbons (Fsp3) is 0.133. The number of nitrogens with one attached hydrogen (secondary N) is 1. The minimum absolute atomic E-state index is 0.105. The second kappa shape index (κ2) is 5.52. The first-order chi connectivity index (χ1) is 9.49. The van der Waals surface area contributed by atoms with Crippen molar-refractivity contribution in [3.8, 4) is 0 Å². The van der Waals surface area contributed by atoms with Crippen LogP contribution in [-0.4, -0.2) is 10.8 Å². The number of hydrogen-bond donors (Lipinski definition) is 1. The van der Waals surface area contributed by atoms with E-state index in [0.717, 1.165) is 11.1 Å². The van der Waals surface area contributed by atoms with Gasteiger partial charge in [-0.15, -0.1) is 0 Å². The fourth-order valence-electron chi connectivity index (χ4n) is 1.92. The zero-order chi connectivity index (χ0) is 14.7. The second-order valence-corrected chi connectivity index (χ2v) is 4.55. The quantitative estimate of drug-likeness (QED) is 0.685. The van der Waals surface area contributed by atoms with Crippen molar-refractivity contribution in [1.29, 1.82) is 0 Å². The summed E-state index contributed by atoms with van der Waals surface area (Å²) in [4.78, 5) is 22.7. The molecule has 0 unspecified atom stereocenters. The van der Waals surface area contributed by atoms with Crippen LogP contribution in [0.1, 0.15) is 21.5 Å². The van der Waals surface area contributed by atoms with Crippen molar-refractivity contribution in [2.75, 3.05) is 5.32 Å². The van der Waals surface area contributed by atoms with Crippen LogP contribution < -0.4 is 5.32 Å². The molecule has 2 rings (SSSR count). The third-order valence-corrected chi connectivity index (χ3v) is 2.99. The third-order valence-electron chi connectivity index (χ3n) is 2.99. The lowest BCUT2D eigenvalue weighted by molar-refractivity contribution is -0.384. The Kier molecular flexibility index (Phi) is 3.79. The number of anilines is 1. The summed E-state index contributed by atoms with van der Waals surface area (Å²) in [5.74, 6) is -0.352. The van der Waals surface area contributed by atoms with Crippen molar-refractivity contribution in [3.63, 3.8) is 0 Å². The summed E-state index contributed by atoms with van der Waals surface area (Å²) >= 11 is 0. The fourth-order valence-corrected chi connectivity index (χ4v) is 1.92. The molecule has 0 aliphatic carbocycles. The maximum absolute atomic E-state index is 12.2. The van der Waals surface area contributed by atoms with E-state index in [9.17, 15) is 14.9 Å². The molecule has 0 aromatic heterocycles. The van der Waals surface area contributed by atoms with E-state index in [1.807, 2.05) is 19.1 Å². The molecule has 0 fully saturated rings. The van der Waals surface area contributed by atoms with Crippen LogP contribution >= 0.6 is 0 Å². The van der Waals surface area contributed by atoms with Gasteiger partial charge in [-0.05, 0) is 37.1 Å². The Morgan fingerprint density at radius 3 is 2.50 bits per heavy atom. The number of carbonyl (C=O) groups excluding carboxylic acids is 1. The zero-order valence-corrected chi connectivity index (χ0v) is 11.2. The van der Waals surface area contributed by atoms with Crippen molar-refractivity contribution >= 4 is 17.3 Å². The molecule has 1 N–H and O–H groups in total. The number of carbonyl (C=O) groups is 1. The van der Waals surface area contributed by atoms with E-state index in [2.05, 4.69) is 5.32 Å². The summed E-state index contributed by atoms with van der Waals surface area (Å²) in [6, 6.07) is 11.8. The molecule has 5 nitrogen and oxygen atoms in total. The van der Waals surface area contributed by atoms with Crippen LogP contribution in [0.5, 0.6) is 0 Å². The first kappa shape index (κ1) is 13.7. The van der Waals surface area contributed by atoms with Gasteiger partial charge in [0.2, 0.25) is 0 Å². The average molecular weight is 270 g/mol. The van der Waals surface area contributed by atoms with Crippen LogP contribution in [0.2, 0.25) is 0 Å². The Morgan fingerprint density at radius 2 is 1.85 bits per heavy atom. The molecule has 0 saturated carbocycles. The summed E-state index contributed by atoms with van der Waals surface area (Å²) < 4.78 is 0. The van der Waals surface area contributed by atoms with E-state index >= 15 is 0 Å². The van der Waals surface area contributed by atoms with Crippen LogP contribution in [0.25, 0.3) is 0 Å². The van der Waals surface area contributed by atoms with Gasteiger partial charge in [-0.25, -0.2) is 0 Å². The Hall–Kier alpha value is -2.69. The standard InChI is InChI=1S/C15H14N2O3/c1-10-7-8-13(14(9-10)17(19)20)16-15(18)12-6-4-3-5-11(12)2/h3-9H,1-2H3,(H,16,18). The van der Waals surface area contributed by atoms with Crippen LogP contribution in [-0.2, 0) is 0 Å². The van der Waals surface area contributed by atoms with Crippen molar-refractivity contribution in [3.05, 3.63) is 69.3 Å². The van der Waals surface area contributed by atoms with Gasteiger partial charge >= 0.3 is 0 Å². The Bertz CT molecular complexity index is 681. The molecule has 5 heteroatoms. The number of nitrogens with zero attached hydrogens (tertiary/aromatic N) is 1. The maximum Gasteiger partial charge on any atom is 0.293 e. The lowest BCUT2D eigenvalue weighted by Crippen LogP contribution is -2.14. The van der Waals surface area contributed by atoms with Gasteiger partial charge in [0.25, 0.3) is 11.6 Å². The monoisotopic (exact) mass is 270 g/mol. The predicted molar refractivity (Wildman–Crippen MR) is 77.0 cm³/mol. The first-order valence-electron chi connectivity index (χ1n) is 6.11. The molecule has 1 amide bonds. The van der Waals surface area contributed by atoms with Gasteiger partial charge in [-0.2, -0.15) is 0 Å². The predicted octanol–water partition coefficient (Wildman–Crippen LogP) is 3.46. The largest absolute Gasteiger partial charge is 0.316 e. The van der Waals surface area contributed by atoms with E-state index in [4.69, 9.17) is 0 Å². The maximum atomic E-state index is 12.2. The summed E-state index contributed by atoms with van der Waals surface area (Å²) in [6.07, 6.45) is 0. The summed E-state index contributed by atoms with van der Waals surface area (Å²) in [5, 5.41) is 13.6. The Morgan fingerprint density at radius 1 is 1.15 bits per heavy atom. The molecule has 0 bridgehead atoms. The molecule has 2 aromatic rings. The number of nitro benzene ring substituents is 1. The number of amides is 1. The molecule has 102 valence electrons. The number of benzene rings is 2. The highest BCUT2D eigenvalue weighted by Gasteiger charge is 2.17. The van der Waals surface area contributed by atoms with Crippen molar-refractivity contribution in [2.45, 2.75) is 13.8 Å². The molecular formula is C15H14N2O3. The van der Waals surface area contributed by atoms with Gasteiger partial charge in [0.15, 0.2) is 0 Å². The normalized spacial score (nSPS) is 10.1. The van der Waals surface area contributed by atoms with Crippen LogP contribution in [0.3, 0.4) is 0 Å². The summed E-state index contributed by atoms with van der Waals surface area (Å²) in [7, 11) is 0. The Balaban J connectivity index is 2.33. The van der Waals surface area contributed by atoms with E-state index in [1.54, 1.807) is 31.2 Å². The molecule has 0 heterocycles. The minimum atomic E-state index is -0.500. The Labute approximate surface area is 116 Å². The second-order valence-electron chi connectivity index (χ2n) is 4.55. The molecule has 2 aromatic carbocycles. The topological polar surface area (TPSA) is 72.2 Å². The number of rotatable bonds is 3. The van der Waals surface area contributed by atoms with E-state index in [0.29, 0.717) is 5.56 Å². The number of nitro groups is 1. The number of aryl methyl sites for hydroxylation is 2. The smallest absolute Gasteiger partial charge is 0.293 e. The molecule has 0 radical (unpaired) electrons. The highest BCUT2D eigenvalue weighted by atomic mass is 16.6. The van der Waals surface area contributed by atoms with Crippen molar-refractivity contribution in [2.24, 2.45) is 0 Å². The van der Waals surface area contributed by atoms with Gasteiger partial charge < -0.3 is 5.32 Å². The summed E-state index contributed by atoms with van der Waals surface area (Å²) in [6.45, 7) is 3.58. The van der Waals surface area contributed by atoms with E-state index in [-0.39, 0.29) is 17.3 Å². The SMILES string of the molecule is Cc1ccc(NC(=O)c2ccccc2C)c([N+](=O)[O-])c1. The van der Waals surface area contributed by atoms with Crippen LogP contribution in [0, 0.1) is 24.0 Å². The molecule has 0 spiro atoms. The van der Waals surface area contributed by atoms with E-state index in [1.165, 1.54) is 6.07 Å². The summed E-state index contributed by atoms with van der Waals surface area (Å²) in [5.41, 5.74) is 2.19. The molecule has 0 saturated heterocycles. The minimum Gasteiger partial charge on any atom is -0.316 e. The van der Waals surface area contributed by atoms with Crippen LogP contribution in [0.4, 0.5) is 11.4 Å². The van der Waals surface area contributed by atoms with Crippen LogP contribution in [0.15, 0.2) is 42.5 Å². The molecular weight excluding hydrogens is 256 g/mol. The third kappa shape index (κ3) is 2.83. The van der Waals surface area contributed by atoms with Gasteiger partial charge in [0.05, 0.1) is 4.92 Å². The lowest BCUT2D eigenvalue weighted by atomic mass is 10.1. The van der Waals surface area contributed by atoms with Gasteiger partial charge in [0, 0.05) is 11.6 Å². The molecule has 0 aliphatic heterocycles.